The molecule has 8 nitrogen and oxygen atoms in total. The summed E-state index contributed by atoms with van der Waals surface area (Å²) in [6.45, 7) is 0. The molecule has 0 saturated carbocycles. The molecule has 0 atom stereocenters. The summed E-state index contributed by atoms with van der Waals surface area (Å²) in [5.41, 5.74) is 30.8. The van der Waals surface area contributed by atoms with Crippen molar-refractivity contribution in [2.75, 3.05) is 0 Å². The van der Waals surface area contributed by atoms with Crippen LogP contribution in [0.1, 0.15) is 0 Å². The number of thiophene rings is 1. The molecule has 29 rings (SSSR count). The Labute approximate surface area is 740 Å². The zero-order chi connectivity index (χ0) is 84.5. The molecule has 0 aliphatic carbocycles. The SMILES string of the molecule is c1ccc(-c2ccc(-c3ccc4c5c6oc7ccccc7c6ccc5n(-c5cccc6c5sc5ccccc56)c4c3)cc2)cc1.c1ccc(-c2cccc(-c3ccc4c(c3)c3c5oc6ccccc6c5ccc3n4-c3cccc4c3oc3ccccc34)c2)cc1.c1ccc(-c2cccc3c2oc2c3ccc3c2c2ccccc2n3-c2cccc3c2oc2ccccc23)cc1. The Kier molecular flexibility index (Phi) is 16.2. The molecule has 0 unspecified atom stereocenters. The summed E-state index contributed by atoms with van der Waals surface area (Å²) < 4.78 is 42.8. The molecule has 129 heavy (non-hydrogen) atoms. The van der Waals surface area contributed by atoms with Gasteiger partial charge in [-0.3, -0.25) is 0 Å². The molecule has 0 spiro atoms. The van der Waals surface area contributed by atoms with Crippen molar-refractivity contribution in [1.29, 1.82) is 0 Å². The monoisotopic (exact) mass is 1670 g/mol. The minimum absolute atomic E-state index is 0.877. The molecule has 20 aromatic carbocycles. The van der Waals surface area contributed by atoms with E-state index in [4.69, 9.17) is 22.1 Å². The average molecular weight is 1670 g/mol. The number of rotatable bonds is 8. The van der Waals surface area contributed by atoms with Gasteiger partial charge >= 0.3 is 0 Å². The van der Waals surface area contributed by atoms with Crippen LogP contribution in [0.25, 0.3) is 268 Å². The standard InChI is InChI=1S/C42H25NO2.C42H25NOS.C36H21NO2/c1-2-10-26(11-3-1)27-12-8-13-28(24-27)29-20-22-35-34(25-29)40-36(23-21-33-31-15-5-7-19-39(31)45-42(33)40)43(35)37-17-9-16-32-30-14-4-6-18-38(30)44-41(32)37;1-2-9-26(10-3-1)27-17-19-28(20-18-27)29-21-22-34-37(25-29)43(36-14-8-13-33-31-12-5-7-16-39(31)45-42(33)36)35-24-23-32-30-11-4-6-15-38(30)44-41(32)40(34)35;1-2-10-22(11-3-1)23-14-8-15-26-27-20-21-30-33(36(27)39-34(23)26)28-13-4-6-17-29(28)37(30)31-18-9-16-25-24-12-5-7-19-32(24)38-35(25)31/h2*1-25H;1-21H. The molecule has 602 valence electrons. The molecule has 29 aromatic rings. The van der Waals surface area contributed by atoms with Crippen LogP contribution in [-0.2, 0) is 0 Å². The first kappa shape index (κ1) is 72.5. The number of para-hydroxylation sites is 8. The average Bonchev–Trinajstić information content (AvgIpc) is 1.56. The van der Waals surface area contributed by atoms with Gasteiger partial charge in [-0.2, -0.15) is 0 Å². The Morgan fingerprint density at radius 3 is 1.06 bits per heavy atom. The Balaban J connectivity index is 0.000000100. The second-order valence-corrected chi connectivity index (χ2v) is 34.5. The summed E-state index contributed by atoms with van der Waals surface area (Å²) in [7, 11) is 0. The molecule has 0 aliphatic rings. The lowest BCUT2D eigenvalue weighted by Crippen LogP contribution is -1.94. The number of hydrogen-bond donors (Lipinski definition) is 0. The summed E-state index contributed by atoms with van der Waals surface area (Å²) in [4.78, 5) is 0. The molecule has 0 saturated heterocycles. The van der Waals surface area contributed by atoms with Crippen molar-refractivity contribution in [2.24, 2.45) is 0 Å². The molecule has 9 aromatic heterocycles. The smallest absolute Gasteiger partial charge is 0.159 e. The van der Waals surface area contributed by atoms with Gasteiger partial charge in [0.25, 0.3) is 0 Å². The summed E-state index contributed by atoms with van der Waals surface area (Å²) >= 11 is 1.87. The van der Waals surface area contributed by atoms with Crippen LogP contribution in [0, 0.1) is 0 Å². The second-order valence-electron chi connectivity index (χ2n) is 33.5. The zero-order valence-corrected chi connectivity index (χ0v) is 70.1. The first-order valence-electron chi connectivity index (χ1n) is 43.7. The molecule has 0 fully saturated rings. The Bertz CT molecular complexity index is 9650. The molecule has 0 radical (unpaired) electrons. The van der Waals surface area contributed by atoms with Gasteiger partial charge in [-0.05, 0) is 165 Å². The molecular weight excluding hydrogens is 1600 g/mol. The highest BCUT2D eigenvalue weighted by molar-refractivity contribution is 7.26. The normalized spacial score (nSPS) is 12.0. The van der Waals surface area contributed by atoms with Crippen molar-refractivity contribution in [3.63, 3.8) is 0 Å². The number of aromatic nitrogens is 3. The lowest BCUT2D eigenvalue weighted by atomic mass is 9.98. The van der Waals surface area contributed by atoms with E-state index < -0.39 is 0 Å². The van der Waals surface area contributed by atoms with Gasteiger partial charge in [0.05, 0.1) is 71.0 Å². The quantitative estimate of drug-likeness (QED) is 0.151. The number of fused-ring (bicyclic) bond motifs is 30. The van der Waals surface area contributed by atoms with Crippen molar-refractivity contribution in [2.45, 2.75) is 0 Å². The van der Waals surface area contributed by atoms with Crippen LogP contribution < -0.4 is 0 Å². The third-order valence-corrected chi connectivity index (χ3v) is 27.6. The van der Waals surface area contributed by atoms with Crippen molar-refractivity contribution < 1.29 is 22.1 Å². The molecular formula is C120H71N3O5S. The van der Waals surface area contributed by atoms with Gasteiger partial charge in [0.2, 0.25) is 0 Å². The largest absolute Gasteiger partial charge is 0.455 e. The minimum atomic E-state index is 0.877. The Morgan fingerprint density at radius 2 is 0.488 bits per heavy atom. The van der Waals surface area contributed by atoms with Gasteiger partial charge in [-0.1, -0.05) is 315 Å². The van der Waals surface area contributed by atoms with Crippen LogP contribution >= 0.6 is 11.3 Å². The summed E-state index contributed by atoms with van der Waals surface area (Å²) in [6, 6.07) is 153. The third kappa shape index (κ3) is 11.3. The predicted octanol–water partition coefficient (Wildman–Crippen LogP) is 34.6. The molecule has 0 N–H and O–H groups in total. The van der Waals surface area contributed by atoms with Gasteiger partial charge in [-0.15, -0.1) is 11.3 Å². The highest BCUT2D eigenvalue weighted by Gasteiger charge is 2.28. The molecule has 0 amide bonds. The number of benzene rings is 20. The van der Waals surface area contributed by atoms with E-state index in [1.54, 1.807) is 0 Å². The maximum absolute atomic E-state index is 6.81. The van der Waals surface area contributed by atoms with Gasteiger partial charge in [-0.25, -0.2) is 0 Å². The van der Waals surface area contributed by atoms with E-state index in [0.29, 0.717) is 0 Å². The van der Waals surface area contributed by atoms with Crippen LogP contribution in [0.2, 0.25) is 0 Å². The van der Waals surface area contributed by atoms with Crippen LogP contribution in [-0.4, -0.2) is 13.7 Å². The van der Waals surface area contributed by atoms with Crippen LogP contribution in [0.5, 0.6) is 0 Å². The number of furan rings is 5. The van der Waals surface area contributed by atoms with E-state index in [9.17, 15) is 0 Å². The molecule has 9 heterocycles. The Morgan fingerprint density at radius 1 is 0.163 bits per heavy atom. The number of nitrogens with zero attached hydrogens (tertiary/aromatic N) is 3. The lowest BCUT2D eigenvalue weighted by Gasteiger charge is -2.11. The maximum Gasteiger partial charge on any atom is 0.159 e. The van der Waals surface area contributed by atoms with Crippen LogP contribution in [0.3, 0.4) is 0 Å². The Hall–Kier alpha value is -17.0. The van der Waals surface area contributed by atoms with E-state index in [-0.39, 0.29) is 0 Å². The summed E-state index contributed by atoms with van der Waals surface area (Å²) in [5, 5.41) is 20.7. The third-order valence-electron chi connectivity index (χ3n) is 26.4. The highest BCUT2D eigenvalue weighted by Crippen LogP contribution is 2.50. The molecule has 0 bridgehead atoms. The topological polar surface area (TPSA) is 80.5 Å². The zero-order valence-electron chi connectivity index (χ0n) is 69.3. The van der Waals surface area contributed by atoms with E-state index in [2.05, 4.69) is 402 Å². The van der Waals surface area contributed by atoms with E-state index in [1.165, 1.54) is 75.7 Å². The molecule has 9 heteroatoms. The van der Waals surface area contributed by atoms with E-state index in [1.807, 2.05) is 53.8 Å². The van der Waals surface area contributed by atoms with Crippen molar-refractivity contribution in [3.05, 3.63) is 431 Å². The van der Waals surface area contributed by atoms with E-state index in [0.717, 1.165) is 192 Å². The predicted molar refractivity (Wildman–Crippen MR) is 539 cm³/mol. The highest BCUT2D eigenvalue weighted by atomic mass is 32.1. The summed E-state index contributed by atoms with van der Waals surface area (Å²) in [6.07, 6.45) is 0. The number of hydrogen-bond acceptors (Lipinski definition) is 6. The van der Waals surface area contributed by atoms with Gasteiger partial charge < -0.3 is 35.8 Å². The molecule has 0 aliphatic heterocycles. The van der Waals surface area contributed by atoms with Gasteiger partial charge in [0.1, 0.15) is 44.7 Å². The maximum atomic E-state index is 6.81. The summed E-state index contributed by atoms with van der Waals surface area (Å²) in [5.74, 6) is 0. The van der Waals surface area contributed by atoms with Crippen molar-refractivity contribution >= 4 is 207 Å². The fourth-order valence-corrected chi connectivity index (χ4v) is 21.8. The first-order valence-corrected chi connectivity index (χ1v) is 44.6. The van der Waals surface area contributed by atoms with Gasteiger partial charge in [0, 0.05) is 91.1 Å². The first-order chi connectivity index (χ1) is 64.0. The van der Waals surface area contributed by atoms with Crippen LogP contribution in [0.15, 0.2) is 453 Å². The second kappa shape index (κ2) is 28.8. The lowest BCUT2D eigenvalue weighted by molar-refractivity contribution is 0.666. The minimum Gasteiger partial charge on any atom is -0.455 e. The van der Waals surface area contributed by atoms with Crippen molar-refractivity contribution in [1.82, 2.24) is 13.7 Å². The fraction of sp³-hybridized carbons (Fsp3) is 0. The fourth-order valence-electron chi connectivity index (χ4n) is 20.6. The van der Waals surface area contributed by atoms with E-state index >= 15 is 0 Å². The van der Waals surface area contributed by atoms with Crippen LogP contribution in [0.4, 0.5) is 0 Å². The van der Waals surface area contributed by atoms with Crippen molar-refractivity contribution in [3.8, 4) is 72.7 Å². The van der Waals surface area contributed by atoms with Gasteiger partial charge in [0.15, 0.2) is 11.2 Å².